The van der Waals surface area contributed by atoms with Crippen LogP contribution >= 0.6 is 0 Å². The number of piperidine rings is 1. The summed E-state index contributed by atoms with van der Waals surface area (Å²) in [5.41, 5.74) is 1.21. The Kier molecular flexibility index (Phi) is 6.70. The molecule has 2 aromatic carbocycles. The maximum absolute atomic E-state index is 13.1. The van der Waals surface area contributed by atoms with Gasteiger partial charge < -0.3 is 0 Å². The summed E-state index contributed by atoms with van der Waals surface area (Å²) in [5, 5.41) is 18.1. The van der Waals surface area contributed by atoms with E-state index in [4.69, 9.17) is 0 Å². The Morgan fingerprint density at radius 2 is 1.88 bits per heavy atom. The van der Waals surface area contributed by atoms with Crippen molar-refractivity contribution in [2.45, 2.75) is 31.2 Å². The van der Waals surface area contributed by atoms with Gasteiger partial charge in [0.2, 0.25) is 21.9 Å². The van der Waals surface area contributed by atoms with Gasteiger partial charge in [0, 0.05) is 31.1 Å². The van der Waals surface area contributed by atoms with E-state index in [1.807, 2.05) is 30.3 Å². The summed E-state index contributed by atoms with van der Waals surface area (Å²) in [6.07, 6.45) is 2.19. The number of carbonyl (C=O) groups is 1. The molecule has 34 heavy (non-hydrogen) atoms. The molecule has 11 nitrogen and oxygen atoms in total. The quantitative estimate of drug-likeness (QED) is 0.401. The van der Waals surface area contributed by atoms with Crippen molar-refractivity contribution in [1.82, 2.24) is 19.1 Å². The second kappa shape index (κ2) is 9.69. The topological polar surface area (TPSA) is 140 Å². The number of sulfonamides is 1. The van der Waals surface area contributed by atoms with Crippen molar-refractivity contribution in [3.8, 4) is 0 Å². The molecule has 0 spiro atoms. The van der Waals surface area contributed by atoms with Gasteiger partial charge in [0.15, 0.2) is 0 Å². The Balaban J connectivity index is 1.36. The molecule has 0 aliphatic carbocycles. The number of hydrogen-bond donors (Lipinski definition) is 1. The van der Waals surface area contributed by atoms with Crippen LogP contribution in [0.5, 0.6) is 0 Å². The van der Waals surface area contributed by atoms with Gasteiger partial charge in [-0.25, -0.2) is 18.1 Å². The van der Waals surface area contributed by atoms with Gasteiger partial charge in [0.05, 0.1) is 16.4 Å². The number of nitro groups is 1. The lowest BCUT2D eigenvalue weighted by molar-refractivity contribution is -0.385. The van der Waals surface area contributed by atoms with Crippen molar-refractivity contribution < 1.29 is 18.1 Å². The SMILES string of the molecule is Cc1ccc([N+](=O)[O-])cc1S(=O)(=O)N1CCC(C(=O)Nc2ncn(Cc3ccccc3)n2)CC1. The van der Waals surface area contributed by atoms with Gasteiger partial charge in [-0.05, 0) is 30.9 Å². The number of nitrogens with zero attached hydrogens (tertiary/aromatic N) is 5. The van der Waals surface area contributed by atoms with E-state index in [2.05, 4.69) is 15.4 Å². The first-order valence-electron chi connectivity index (χ1n) is 10.7. The number of carbonyl (C=O) groups excluding carboxylic acids is 1. The van der Waals surface area contributed by atoms with Crippen molar-refractivity contribution in [2.75, 3.05) is 18.4 Å². The molecular formula is C22H24N6O5S. The van der Waals surface area contributed by atoms with Crippen LogP contribution in [0.15, 0.2) is 59.8 Å². The van der Waals surface area contributed by atoms with Crippen molar-refractivity contribution in [1.29, 1.82) is 0 Å². The highest BCUT2D eigenvalue weighted by Crippen LogP contribution is 2.28. The summed E-state index contributed by atoms with van der Waals surface area (Å²) >= 11 is 0. The first-order chi connectivity index (χ1) is 16.2. The standard InChI is InChI=1S/C22H24N6O5S/c1-16-7-8-19(28(30)31)13-20(16)34(32,33)27-11-9-18(10-12-27)21(29)24-22-23-15-26(25-22)14-17-5-3-2-4-6-17/h2-8,13,15,18H,9-12,14H2,1H3,(H,24,25,29). The number of nitrogens with one attached hydrogen (secondary N) is 1. The molecular weight excluding hydrogens is 460 g/mol. The Bertz CT molecular complexity index is 1300. The Labute approximate surface area is 196 Å². The maximum Gasteiger partial charge on any atom is 0.270 e. The average Bonchev–Trinajstić information content (AvgIpc) is 3.26. The third-order valence-corrected chi connectivity index (χ3v) is 7.82. The lowest BCUT2D eigenvalue weighted by atomic mass is 9.97. The van der Waals surface area contributed by atoms with Crippen molar-refractivity contribution >= 4 is 27.6 Å². The van der Waals surface area contributed by atoms with E-state index in [9.17, 15) is 23.3 Å². The number of nitro benzene ring substituents is 1. The molecule has 4 rings (SSSR count). The van der Waals surface area contributed by atoms with E-state index in [0.717, 1.165) is 11.6 Å². The number of aromatic nitrogens is 3. The van der Waals surface area contributed by atoms with Crippen LogP contribution in [-0.4, -0.2) is 51.4 Å². The average molecular weight is 485 g/mol. The Morgan fingerprint density at radius 3 is 2.56 bits per heavy atom. The molecule has 0 atom stereocenters. The minimum absolute atomic E-state index is 0.0854. The summed E-state index contributed by atoms with van der Waals surface area (Å²) in [6.45, 7) is 2.40. The van der Waals surface area contributed by atoms with Gasteiger partial charge in [-0.2, -0.15) is 4.31 Å². The minimum Gasteiger partial charge on any atom is -0.293 e. The van der Waals surface area contributed by atoms with E-state index in [0.29, 0.717) is 24.9 Å². The highest BCUT2D eigenvalue weighted by atomic mass is 32.2. The maximum atomic E-state index is 13.1. The molecule has 0 radical (unpaired) electrons. The highest BCUT2D eigenvalue weighted by Gasteiger charge is 2.34. The van der Waals surface area contributed by atoms with Crippen LogP contribution in [0.4, 0.5) is 11.6 Å². The normalized spacial score (nSPS) is 15.2. The van der Waals surface area contributed by atoms with E-state index in [1.54, 1.807) is 17.9 Å². The monoisotopic (exact) mass is 484 g/mol. The summed E-state index contributed by atoms with van der Waals surface area (Å²) in [5.74, 6) is -0.456. The van der Waals surface area contributed by atoms with Gasteiger partial charge in [0.25, 0.3) is 5.69 Å². The summed E-state index contributed by atoms with van der Waals surface area (Å²) in [4.78, 5) is 27.2. The zero-order chi connectivity index (χ0) is 24.3. The predicted molar refractivity (Wildman–Crippen MR) is 124 cm³/mol. The molecule has 0 saturated carbocycles. The molecule has 178 valence electrons. The van der Waals surface area contributed by atoms with Gasteiger partial charge in [-0.3, -0.25) is 20.2 Å². The molecule has 1 N–H and O–H groups in total. The second-order valence-electron chi connectivity index (χ2n) is 8.13. The third-order valence-electron chi connectivity index (χ3n) is 5.78. The molecule has 0 bridgehead atoms. The van der Waals surface area contributed by atoms with Gasteiger partial charge in [0.1, 0.15) is 6.33 Å². The fourth-order valence-corrected chi connectivity index (χ4v) is 5.60. The number of hydrogen-bond acceptors (Lipinski definition) is 7. The van der Waals surface area contributed by atoms with E-state index in [-0.39, 0.29) is 35.5 Å². The number of non-ortho nitro benzene ring substituents is 1. The van der Waals surface area contributed by atoms with Crippen LogP contribution in [0.2, 0.25) is 0 Å². The minimum atomic E-state index is -3.91. The first kappa shape index (κ1) is 23.5. The molecule has 1 saturated heterocycles. The highest BCUT2D eigenvalue weighted by molar-refractivity contribution is 7.89. The molecule has 3 aromatic rings. The predicted octanol–water partition coefficient (Wildman–Crippen LogP) is 2.58. The molecule has 1 aliphatic rings. The molecule has 2 heterocycles. The van der Waals surface area contributed by atoms with Gasteiger partial charge >= 0.3 is 0 Å². The fraction of sp³-hybridized carbons (Fsp3) is 0.318. The third kappa shape index (κ3) is 5.13. The summed E-state index contributed by atoms with van der Waals surface area (Å²) in [6, 6.07) is 13.5. The molecule has 0 unspecified atom stereocenters. The summed E-state index contributed by atoms with van der Waals surface area (Å²) in [7, 11) is -3.91. The van der Waals surface area contributed by atoms with Crippen LogP contribution < -0.4 is 5.32 Å². The largest absolute Gasteiger partial charge is 0.293 e. The van der Waals surface area contributed by atoms with Crippen LogP contribution in [0.3, 0.4) is 0 Å². The Hall–Kier alpha value is -3.64. The number of amides is 1. The zero-order valence-corrected chi connectivity index (χ0v) is 19.3. The number of anilines is 1. The molecule has 12 heteroatoms. The molecule has 1 aromatic heterocycles. The second-order valence-corrected chi connectivity index (χ2v) is 10.0. The van der Waals surface area contributed by atoms with Crippen molar-refractivity contribution in [3.63, 3.8) is 0 Å². The molecule has 1 amide bonds. The van der Waals surface area contributed by atoms with E-state index < -0.39 is 20.9 Å². The van der Waals surface area contributed by atoms with E-state index >= 15 is 0 Å². The number of benzene rings is 2. The van der Waals surface area contributed by atoms with Crippen molar-refractivity contribution in [2.24, 2.45) is 5.92 Å². The smallest absolute Gasteiger partial charge is 0.270 e. The lowest BCUT2D eigenvalue weighted by Crippen LogP contribution is -2.41. The molecule has 1 fully saturated rings. The number of aryl methyl sites for hydroxylation is 1. The van der Waals surface area contributed by atoms with Crippen LogP contribution in [-0.2, 0) is 21.4 Å². The first-order valence-corrected chi connectivity index (χ1v) is 12.2. The Morgan fingerprint density at radius 1 is 1.18 bits per heavy atom. The van der Waals surface area contributed by atoms with Crippen LogP contribution in [0.25, 0.3) is 0 Å². The van der Waals surface area contributed by atoms with Gasteiger partial charge in [-0.15, -0.1) is 5.10 Å². The lowest BCUT2D eigenvalue weighted by Gasteiger charge is -2.30. The fourth-order valence-electron chi connectivity index (χ4n) is 3.89. The van der Waals surface area contributed by atoms with Gasteiger partial charge in [-0.1, -0.05) is 36.4 Å². The van der Waals surface area contributed by atoms with Crippen molar-refractivity contribution in [3.05, 3.63) is 76.1 Å². The van der Waals surface area contributed by atoms with Crippen LogP contribution in [0, 0.1) is 23.0 Å². The zero-order valence-electron chi connectivity index (χ0n) is 18.5. The summed E-state index contributed by atoms with van der Waals surface area (Å²) < 4.78 is 29.1. The number of rotatable bonds is 7. The molecule has 1 aliphatic heterocycles. The van der Waals surface area contributed by atoms with Crippen LogP contribution in [0.1, 0.15) is 24.0 Å². The van der Waals surface area contributed by atoms with E-state index in [1.165, 1.54) is 16.4 Å².